The zero-order valence-electron chi connectivity index (χ0n) is 11.0. The highest BCUT2D eigenvalue weighted by Crippen LogP contribution is 2.36. The summed E-state index contributed by atoms with van der Waals surface area (Å²) < 4.78 is 22.2. The van der Waals surface area contributed by atoms with Crippen LogP contribution in [0.25, 0.3) is 0 Å². The minimum atomic E-state index is -2.89. The molecule has 1 aliphatic rings. The number of nitrogens with zero attached hydrogens (tertiary/aromatic N) is 1. The Hall–Kier alpha value is -0.130. The summed E-state index contributed by atoms with van der Waals surface area (Å²) in [5.74, 6) is 0.199. The molecule has 0 amide bonds. The van der Waals surface area contributed by atoms with Crippen molar-refractivity contribution in [3.63, 3.8) is 0 Å². The minimum absolute atomic E-state index is 0.00447. The third-order valence-electron chi connectivity index (χ3n) is 3.70. The molecule has 0 aromatic heterocycles. The van der Waals surface area contributed by atoms with E-state index in [1.165, 1.54) is 25.5 Å². The summed E-state index contributed by atoms with van der Waals surface area (Å²) in [5.41, 5.74) is 0.00447. The third-order valence-corrected chi connectivity index (χ3v) is 4.62. The summed E-state index contributed by atoms with van der Waals surface area (Å²) in [4.78, 5) is 2.04. The molecule has 0 bridgehead atoms. The van der Waals surface area contributed by atoms with E-state index in [2.05, 4.69) is 0 Å². The molecule has 0 aromatic carbocycles. The van der Waals surface area contributed by atoms with E-state index in [4.69, 9.17) is 0 Å². The van der Waals surface area contributed by atoms with E-state index in [1.54, 1.807) is 0 Å². The fourth-order valence-electron chi connectivity index (χ4n) is 2.64. The predicted octanol–water partition coefficient (Wildman–Crippen LogP) is 0.906. The van der Waals surface area contributed by atoms with E-state index in [-0.39, 0.29) is 17.8 Å². The van der Waals surface area contributed by atoms with Crippen LogP contribution < -0.4 is 0 Å². The van der Waals surface area contributed by atoms with Gasteiger partial charge in [-0.05, 0) is 19.9 Å². The summed E-state index contributed by atoms with van der Waals surface area (Å²) in [6.45, 7) is 1.58. The highest BCUT2D eigenvalue weighted by molar-refractivity contribution is 7.90. The van der Waals surface area contributed by atoms with Gasteiger partial charge in [-0.3, -0.25) is 0 Å². The lowest BCUT2D eigenvalue weighted by Gasteiger charge is -2.38. The molecular weight excluding hydrogens is 238 g/mol. The molecule has 4 nitrogen and oxygen atoms in total. The molecule has 1 rings (SSSR count). The molecule has 1 fully saturated rings. The van der Waals surface area contributed by atoms with Crippen molar-refractivity contribution in [1.82, 2.24) is 4.90 Å². The van der Waals surface area contributed by atoms with Crippen LogP contribution in [-0.2, 0) is 9.84 Å². The van der Waals surface area contributed by atoms with Crippen molar-refractivity contribution < 1.29 is 13.5 Å². The average Bonchev–Trinajstić information content (AvgIpc) is 2.27. The quantitative estimate of drug-likeness (QED) is 0.774. The Kier molecular flexibility index (Phi) is 5.41. The van der Waals surface area contributed by atoms with Crippen LogP contribution in [0.4, 0.5) is 0 Å². The maximum absolute atomic E-state index is 11.1. The van der Waals surface area contributed by atoms with Gasteiger partial charge in [-0.25, -0.2) is 8.42 Å². The van der Waals surface area contributed by atoms with Crippen molar-refractivity contribution in [1.29, 1.82) is 0 Å². The average molecular weight is 263 g/mol. The van der Waals surface area contributed by atoms with Crippen LogP contribution in [0, 0.1) is 5.41 Å². The highest BCUT2D eigenvalue weighted by atomic mass is 32.2. The molecule has 0 saturated heterocycles. The first-order valence-electron chi connectivity index (χ1n) is 6.34. The normalized spacial score (nSPS) is 20.7. The van der Waals surface area contributed by atoms with E-state index in [0.29, 0.717) is 6.54 Å². The van der Waals surface area contributed by atoms with Gasteiger partial charge in [-0.15, -0.1) is 0 Å². The van der Waals surface area contributed by atoms with Crippen LogP contribution >= 0.6 is 0 Å². The molecule has 1 N–H and O–H groups in total. The minimum Gasteiger partial charge on any atom is -0.396 e. The molecule has 0 radical (unpaired) electrons. The van der Waals surface area contributed by atoms with E-state index in [1.807, 2.05) is 11.9 Å². The molecular formula is C12H25NO3S. The van der Waals surface area contributed by atoms with Gasteiger partial charge in [0.1, 0.15) is 9.84 Å². The molecule has 0 atom stereocenters. The van der Waals surface area contributed by atoms with Crippen LogP contribution in [0.2, 0.25) is 0 Å². The van der Waals surface area contributed by atoms with Crippen molar-refractivity contribution in [2.24, 2.45) is 5.41 Å². The summed E-state index contributed by atoms with van der Waals surface area (Å²) >= 11 is 0. The van der Waals surface area contributed by atoms with E-state index in [0.717, 1.165) is 19.4 Å². The van der Waals surface area contributed by atoms with Gasteiger partial charge in [0.15, 0.2) is 0 Å². The van der Waals surface area contributed by atoms with Gasteiger partial charge >= 0.3 is 0 Å². The highest BCUT2D eigenvalue weighted by Gasteiger charge is 2.32. The van der Waals surface area contributed by atoms with Crippen LogP contribution in [0.5, 0.6) is 0 Å². The summed E-state index contributed by atoms with van der Waals surface area (Å²) in [6, 6.07) is 0. The standard InChI is InChI=1S/C12H25NO3S/c1-13(8-9-17(2,15)16)10-12(11-14)6-4-3-5-7-12/h14H,3-11H2,1-2H3. The molecule has 5 heteroatoms. The monoisotopic (exact) mass is 263 g/mol. The van der Waals surface area contributed by atoms with E-state index < -0.39 is 9.84 Å². The van der Waals surface area contributed by atoms with Crippen molar-refractivity contribution >= 4 is 9.84 Å². The Balaban J connectivity index is 2.44. The van der Waals surface area contributed by atoms with Crippen molar-refractivity contribution in [2.45, 2.75) is 32.1 Å². The second kappa shape index (κ2) is 6.16. The van der Waals surface area contributed by atoms with Crippen LogP contribution in [0.15, 0.2) is 0 Å². The Morgan fingerprint density at radius 3 is 2.29 bits per heavy atom. The fourth-order valence-corrected chi connectivity index (χ4v) is 3.28. The number of hydrogen-bond donors (Lipinski definition) is 1. The van der Waals surface area contributed by atoms with Gasteiger partial charge in [0.05, 0.1) is 5.75 Å². The lowest BCUT2D eigenvalue weighted by molar-refractivity contribution is 0.0502. The first kappa shape index (κ1) is 14.9. The topological polar surface area (TPSA) is 57.6 Å². The first-order valence-corrected chi connectivity index (χ1v) is 8.40. The van der Waals surface area contributed by atoms with Crippen molar-refractivity contribution in [3.05, 3.63) is 0 Å². The maximum Gasteiger partial charge on any atom is 0.148 e. The van der Waals surface area contributed by atoms with E-state index >= 15 is 0 Å². The van der Waals surface area contributed by atoms with Gasteiger partial charge in [-0.2, -0.15) is 0 Å². The molecule has 102 valence electrons. The Morgan fingerprint density at radius 1 is 1.24 bits per heavy atom. The Bertz CT molecular complexity index is 321. The fraction of sp³-hybridized carbons (Fsp3) is 1.00. The molecule has 0 spiro atoms. The molecule has 17 heavy (non-hydrogen) atoms. The Labute approximate surface area is 105 Å². The van der Waals surface area contributed by atoms with Gasteiger partial charge < -0.3 is 10.0 Å². The predicted molar refractivity (Wildman–Crippen MR) is 69.8 cm³/mol. The van der Waals surface area contributed by atoms with Gasteiger partial charge in [0, 0.05) is 31.4 Å². The summed E-state index contributed by atoms with van der Waals surface area (Å²) in [6.07, 6.45) is 7.01. The zero-order valence-corrected chi connectivity index (χ0v) is 11.8. The summed E-state index contributed by atoms with van der Waals surface area (Å²) in [5, 5.41) is 9.57. The number of aliphatic hydroxyl groups is 1. The number of rotatable bonds is 6. The SMILES string of the molecule is CN(CCS(C)(=O)=O)CC1(CO)CCCCC1. The first-order chi connectivity index (χ1) is 7.87. The van der Waals surface area contributed by atoms with E-state index in [9.17, 15) is 13.5 Å². The van der Waals surface area contributed by atoms with Gasteiger partial charge in [0.25, 0.3) is 0 Å². The zero-order chi connectivity index (χ0) is 12.9. The van der Waals surface area contributed by atoms with Gasteiger partial charge in [-0.1, -0.05) is 19.3 Å². The molecule has 1 aliphatic carbocycles. The van der Waals surface area contributed by atoms with Crippen LogP contribution in [0.3, 0.4) is 0 Å². The Morgan fingerprint density at radius 2 is 1.82 bits per heavy atom. The molecule has 0 aromatic rings. The number of hydrogen-bond acceptors (Lipinski definition) is 4. The molecule has 1 saturated carbocycles. The van der Waals surface area contributed by atoms with Crippen LogP contribution in [0.1, 0.15) is 32.1 Å². The number of aliphatic hydroxyl groups excluding tert-OH is 1. The lowest BCUT2D eigenvalue weighted by Crippen LogP contribution is -2.41. The smallest absolute Gasteiger partial charge is 0.148 e. The lowest BCUT2D eigenvalue weighted by atomic mass is 9.74. The second-order valence-electron chi connectivity index (χ2n) is 5.59. The summed E-state index contributed by atoms with van der Waals surface area (Å²) in [7, 11) is -0.949. The molecule has 0 heterocycles. The van der Waals surface area contributed by atoms with Gasteiger partial charge in [0.2, 0.25) is 0 Å². The van der Waals surface area contributed by atoms with Crippen molar-refractivity contribution in [3.8, 4) is 0 Å². The third kappa shape index (κ3) is 5.36. The molecule has 0 aliphatic heterocycles. The number of sulfone groups is 1. The molecule has 0 unspecified atom stereocenters. The van der Waals surface area contributed by atoms with Crippen molar-refractivity contribution in [2.75, 3.05) is 38.8 Å². The maximum atomic E-state index is 11.1. The second-order valence-corrected chi connectivity index (χ2v) is 7.85. The van der Waals surface area contributed by atoms with Crippen LogP contribution in [-0.4, -0.2) is 57.2 Å². The largest absolute Gasteiger partial charge is 0.396 e.